The van der Waals surface area contributed by atoms with Crippen molar-refractivity contribution >= 4 is 32.0 Å². The molecule has 0 spiro atoms. The van der Waals surface area contributed by atoms with Gasteiger partial charge in [-0.05, 0) is 48.5 Å². The van der Waals surface area contributed by atoms with E-state index in [4.69, 9.17) is 11.6 Å². The quantitative estimate of drug-likeness (QED) is 0.149. The Labute approximate surface area is 211 Å². The fourth-order valence-corrected chi connectivity index (χ4v) is 8.73. The van der Waals surface area contributed by atoms with Crippen LogP contribution in [0.5, 0.6) is 0 Å². The molecule has 3 aromatic rings. The largest absolute Gasteiger partial charge is 0.486 e. The number of halogens is 10. The Morgan fingerprint density at radius 3 is 1.32 bits per heavy atom. The van der Waals surface area contributed by atoms with Crippen molar-refractivity contribution in [2.24, 2.45) is 0 Å². The zero-order chi connectivity index (χ0) is 27.9. The minimum absolute atomic E-state index is 0.0997. The van der Waals surface area contributed by atoms with Gasteiger partial charge in [0.2, 0.25) is 0 Å². The Bertz CT molecular complexity index is 1290. The molecule has 0 heterocycles. The zero-order valence-corrected chi connectivity index (χ0v) is 20.3. The molecule has 0 saturated heterocycles. The fourth-order valence-electron chi connectivity index (χ4n) is 3.12. The van der Waals surface area contributed by atoms with Gasteiger partial charge in [0.15, 0.2) is 0 Å². The second-order valence-corrected chi connectivity index (χ2v) is 12.4. The van der Waals surface area contributed by atoms with E-state index in [1.54, 1.807) is 0 Å². The third-order valence-electron chi connectivity index (χ3n) is 4.97. The van der Waals surface area contributed by atoms with Crippen LogP contribution in [0.3, 0.4) is 0 Å². The number of rotatable bonds is 8. The van der Waals surface area contributed by atoms with Crippen LogP contribution in [0.25, 0.3) is 0 Å². The van der Waals surface area contributed by atoms with E-state index >= 15 is 0 Å². The molecule has 0 radical (unpaired) electrons. The van der Waals surface area contributed by atoms with Crippen molar-refractivity contribution in [1.82, 2.24) is 0 Å². The SMILES string of the molecule is O=S(=O)([OH+]S(c1ccccc1)(c1ccccc1)c1ccc(Cl)cc1)C(F)(F)C(F)(F)C(F)(F)C(F)(F)F. The van der Waals surface area contributed by atoms with Gasteiger partial charge < -0.3 is 0 Å². The van der Waals surface area contributed by atoms with Gasteiger partial charge in [0, 0.05) is 5.02 Å². The summed E-state index contributed by atoms with van der Waals surface area (Å²) in [5, 5.41) is -6.88. The lowest BCUT2D eigenvalue weighted by atomic mass is 10.1. The first-order valence-electron chi connectivity index (χ1n) is 9.80. The summed E-state index contributed by atoms with van der Waals surface area (Å²) in [6, 6.07) is 17.8. The normalized spacial score (nSPS) is 14.4. The monoisotopic (exact) mass is 597 g/mol. The fraction of sp³-hybridized carbons (Fsp3) is 0.182. The van der Waals surface area contributed by atoms with E-state index < -0.39 is 43.7 Å². The molecule has 0 bridgehead atoms. The first-order valence-corrected chi connectivity index (χ1v) is 13.2. The average molecular weight is 598 g/mol. The van der Waals surface area contributed by atoms with Gasteiger partial charge in [-0.25, -0.2) is 0 Å². The summed E-state index contributed by atoms with van der Waals surface area (Å²) in [5.74, 6) is -14.8. The Balaban J connectivity index is 2.34. The molecular formula is C22H15ClF9O3S2+. The highest BCUT2D eigenvalue weighted by molar-refractivity contribution is 8.32. The molecule has 0 aliphatic rings. The predicted octanol–water partition coefficient (Wildman–Crippen LogP) is 8.39. The molecule has 0 aliphatic carbocycles. The highest BCUT2D eigenvalue weighted by Crippen LogP contribution is 2.69. The minimum Gasteiger partial charge on any atom is -0.257 e. The van der Waals surface area contributed by atoms with Crippen LogP contribution in [0, 0.1) is 0 Å². The number of hydrogen-bond acceptors (Lipinski definition) is 2. The summed E-state index contributed by atoms with van der Waals surface area (Å²) in [4.78, 5) is -0.429. The molecule has 1 N–H and O–H groups in total. The molecule has 0 fully saturated rings. The maximum Gasteiger partial charge on any atom is 0.486 e. The number of alkyl halides is 9. The topological polar surface area (TPSA) is 46.9 Å². The minimum atomic E-state index is -7.42. The summed E-state index contributed by atoms with van der Waals surface area (Å²) < 4.78 is 151. The van der Waals surface area contributed by atoms with Crippen LogP contribution in [0.1, 0.15) is 0 Å². The summed E-state index contributed by atoms with van der Waals surface area (Å²) in [7, 11) is -11.0. The van der Waals surface area contributed by atoms with E-state index in [-0.39, 0.29) is 19.7 Å². The Morgan fingerprint density at radius 2 is 0.946 bits per heavy atom. The molecule has 0 amide bonds. The first-order chi connectivity index (χ1) is 16.9. The van der Waals surface area contributed by atoms with Gasteiger partial charge in [0.1, 0.15) is 0 Å². The molecule has 0 aliphatic heterocycles. The summed E-state index contributed by atoms with van der Waals surface area (Å²) in [6.45, 7) is 0. The van der Waals surface area contributed by atoms with E-state index in [0.717, 1.165) is 12.1 Å². The van der Waals surface area contributed by atoms with Gasteiger partial charge >= 0.3 is 33.4 Å². The van der Waals surface area contributed by atoms with Gasteiger partial charge in [0.25, 0.3) is 0 Å². The van der Waals surface area contributed by atoms with Gasteiger partial charge in [-0.3, -0.25) is 3.63 Å². The molecule has 3 aromatic carbocycles. The van der Waals surface area contributed by atoms with Crippen molar-refractivity contribution in [2.45, 2.75) is 38.0 Å². The van der Waals surface area contributed by atoms with Crippen LogP contribution in [0.15, 0.2) is 99.6 Å². The van der Waals surface area contributed by atoms with Crippen molar-refractivity contribution < 1.29 is 51.6 Å². The molecule has 3 nitrogen and oxygen atoms in total. The maximum absolute atomic E-state index is 14.7. The van der Waals surface area contributed by atoms with E-state index in [9.17, 15) is 47.9 Å². The molecule has 0 saturated carbocycles. The van der Waals surface area contributed by atoms with E-state index in [1.165, 1.54) is 72.8 Å². The summed E-state index contributed by atoms with van der Waals surface area (Å²) >= 11 is 5.86. The second kappa shape index (κ2) is 9.71. The smallest absolute Gasteiger partial charge is 0.257 e. The summed E-state index contributed by atoms with van der Waals surface area (Å²) in [5.41, 5.74) is 0. The molecule has 202 valence electrons. The average Bonchev–Trinajstić information content (AvgIpc) is 2.83. The molecule has 15 heteroatoms. The number of hydrogen-bond donors (Lipinski definition) is 0. The Morgan fingerprint density at radius 1 is 0.568 bits per heavy atom. The van der Waals surface area contributed by atoms with Crippen LogP contribution in [0.4, 0.5) is 39.5 Å². The number of benzene rings is 3. The van der Waals surface area contributed by atoms with Crippen molar-refractivity contribution in [3.63, 3.8) is 0 Å². The lowest BCUT2D eigenvalue weighted by molar-refractivity contribution is -0.382. The van der Waals surface area contributed by atoms with Crippen LogP contribution in [0.2, 0.25) is 5.02 Å². The van der Waals surface area contributed by atoms with Crippen LogP contribution >= 0.6 is 21.9 Å². The van der Waals surface area contributed by atoms with Gasteiger partial charge in [-0.2, -0.15) is 39.5 Å². The standard InChI is InChI=1S/C22H14ClF9O3S2/c23-15-11-13-18(14-12-15)36(16-7-3-1-4-8-16,17-9-5-2-6-10-17)35-37(33,34)22(31,32)20(26,27)19(24,25)21(28,29)30/h1-14H/p+1. The molecule has 3 rings (SSSR count). The molecular weight excluding hydrogens is 583 g/mol. The lowest BCUT2D eigenvalue weighted by Gasteiger charge is -2.37. The Kier molecular flexibility index (Phi) is 7.65. The lowest BCUT2D eigenvalue weighted by Crippen LogP contribution is -2.63. The van der Waals surface area contributed by atoms with Crippen molar-refractivity contribution in [3.05, 3.63) is 90.0 Å². The van der Waals surface area contributed by atoms with Crippen LogP contribution < -0.4 is 0 Å². The molecule has 0 atom stereocenters. The van der Waals surface area contributed by atoms with Gasteiger partial charge in [-0.15, -0.1) is 8.42 Å². The van der Waals surface area contributed by atoms with Crippen molar-refractivity contribution in [3.8, 4) is 0 Å². The van der Waals surface area contributed by atoms with Crippen molar-refractivity contribution in [1.29, 1.82) is 0 Å². The summed E-state index contributed by atoms with van der Waals surface area (Å²) in [6.07, 6.45) is -7.20. The van der Waals surface area contributed by atoms with E-state index in [0.29, 0.717) is 0 Å². The van der Waals surface area contributed by atoms with Crippen LogP contribution in [-0.2, 0) is 10.1 Å². The molecule has 37 heavy (non-hydrogen) atoms. The third-order valence-corrected chi connectivity index (χ3v) is 10.7. The maximum atomic E-state index is 14.7. The first kappa shape index (κ1) is 29.1. The van der Waals surface area contributed by atoms with Crippen LogP contribution in [-0.4, -0.2) is 35.3 Å². The van der Waals surface area contributed by atoms with E-state index in [1.807, 2.05) is 0 Å². The molecule has 0 unspecified atom stereocenters. The van der Waals surface area contributed by atoms with Gasteiger partial charge in [0.05, 0.1) is 25.0 Å². The second-order valence-electron chi connectivity index (χ2n) is 7.37. The van der Waals surface area contributed by atoms with Crippen molar-refractivity contribution in [2.75, 3.05) is 0 Å². The zero-order valence-electron chi connectivity index (χ0n) is 17.9. The highest BCUT2D eigenvalue weighted by Gasteiger charge is 2.88. The van der Waals surface area contributed by atoms with Gasteiger partial charge in [-0.1, -0.05) is 48.0 Å². The Hall–Kier alpha value is -2.42. The molecule has 0 aromatic heterocycles. The predicted molar refractivity (Wildman–Crippen MR) is 119 cm³/mol. The van der Waals surface area contributed by atoms with E-state index in [2.05, 4.69) is 3.63 Å². The highest BCUT2D eigenvalue weighted by atomic mass is 35.5. The third kappa shape index (κ3) is 4.79.